The Bertz CT molecular complexity index is 147. The van der Waals surface area contributed by atoms with E-state index in [0.717, 1.165) is 12.1 Å². The van der Waals surface area contributed by atoms with Gasteiger partial charge in [0.1, 0.15) is 0 Å². The summed E-state index contributed by atoms with van der Waals surface area (Å²) in [4.78, 5) is 2.68. The van der Waals surface area contributed by atoms with Crippen molar-refractivity contribution in [2.24, 2.45) is 0 Å². The van der Waals surface area contributed by atoms with Gasteiger partial charge in [-0.2, -0.15) is 0 Å². The fraction of sp³-hybridized carbons (Fsp3) is 1.00. The molecular weight excluding hydrogens is 148 g/mol. The standard InChI is InChI=1S/C10H20N2/c1-2-3-4-5-12-8-9-6-10(12)7-11-9/h9-11H,2-8H2,1H3. The highest BCUT2D eigenvalue weighted by molar-refractivity contribution is 4.96. The third-order valence-electron chi connectivity index (χ3n) is 3.22. The molecule has 0 aliphatic carbocycles. The Morgan fingerprint density at radius 2 is 2.33 bits per heavy atom. The van der Waals surface area contributed by atoms with Gasteiger partial charge in [-0.05, 0) is 19.4 Å². The van der Waals surface area contributed by atoms with E-state index in [4.69, 9.17) is 0 Å². The lowest BCUT2D eigenvalue weighted by molar-refractivity contribution is 0.222. The Labute approximate surface area is 75.3 Å². The van der Waals surface area contributed by atoms with Gasteiger partial charge < -0.3 is 5.32 Å². The lowest BCUT2D eigenvalue weighted by atomic mass is 10.2. The summed E-state index contributed by atoms with van der Waals surface area (Å²) >= 11 is 0. The fourth-order valence-corrected chi connectivity index (χ4v) is 2.49. The number of piperazine rings is 1. The Balaban J connectivity index is 1.69. The molecule has 12 heavy (non-hydrogen) atoms. The predicted octanol–water partition coefficient (Wildman–Crippen LogP) is 1.22. The fourth-order valence-electron chi connectivity index (χ4n) is 2.49. The highest BCUT2D eigenvalue weighted by Gasteiger charge is 2.36. The lowest BCUT2D eigenvalue weighted by Crippen LogP contribution is -2.43. The zero-order valence-corrected chi connectivity index (χ0v) is 8.05. The molecule has 0 aromatic carbocycles. The van der Waals surface area contributed by atoms with Gasteiger partial charge in [0.05, 0.1) is 0 Å². The van der Waals surface area contributed by atoms with Crippen molar-refractivity contribution in [2.45, 2.75) is 44.7 Å². The molecule has 0 amide bonds. The summed E-state index contributed by atoms with van der Waals surface area (Å²) in [6, 6.07) is 1.71. The van der Waals surface area contributed by atoms with Crippen molar-refractivity contribution in [2.75, 3.05) is 19.6 Å². The van der Waals surface area contributed by atoms with Crippen molar-refractivity contribution in [3.8, 4) is 0 Å². The maximum absolute atomic E-state index is 3.53. The summed E-state index contributed by atoms with van der Waals surface area (Å²) in [5.74, 6) is 0. The number of hydrogen-bond acceptors (Lipinski definition) is 2. The van der Waals surface area contributed by atoms with E-state index in [9.17, 15) is 0 Å². The van der Waals surface area contributed by atoms with Crippen LogP contribution in [-0.4, -0.2) is 36.6 Å². The molecule has 2 atom stereocenters. The minimum Gasteiger partial charge on any atom is -0.311 e. The van der Waals surface area contributed by atoms with Gasteiger partial charge >= 0.3 is 0 Å². The van der Waals surface area contributed by atoms with E-state index in [2.05, 4.69) is 17.1 Å². The predicted molar refractivity (Wildman–Crippen MR) is 51.3 cm³/mol. The second kappa shape index (κ2) is 3.75. The number of fused-ring (bicyclic) bond motifs is 2. The third kappa shape index (κ3) is 1.64. The molecule has 2 heterocycles. The van der Waals surface area contributed by atoms with Gasteiger partial charge in [0.2, 0.25) is 0 Å². The number of nitrogens with zero attached hydrogens (tertiary/aromatic N) is 1. The molecule has 70 valence electrons. The summed E-state index contributed by atoms with van der Waals surface area (Å²) in [5, 5.41) is 3.53. The molecule has 2 rings (SSSR count). The topological polar surface area (TPSA) is 15.3 Å². The van der Waals surface area contributed by atoms with Crippen molar-refractivity contribution in [1.82, 2.24) is 10.2 Å². The van der Waals surface area contributed by atoms with Crippen LogP contribution in [0.25, 0.3) is 0 Å². The molecule has 0 aromatic rings. The third-order valence-corrected chi connectivity index (χ3v) is 3.22. The summed E-state index contributed by atoms with van der Waals surface area (Å²) in [5.41, 5.74) is 0. The van der Waals surface area contributed by atoms with Crippen LogP contribution < -0.4 is 5.32 Å². The minimum atomic E-state index is 0.830. The van der Waals surface area contributed by atoms with Crippen LogP contribution in [-0.2, 0) is 0 Å². The summed E-state index contributed by atoms with van der Waals surface area (Å²) in [7, 11) is 0. The molecule has 0 radical (unpaired) electrons. The van der Waals surface area contributed by atoms with E-state index >= 15 is 0 Å². The Morgan fingerprint density at radius 1 is 1.42 bits per heavy atom. The molecule has 2 bridgehead atoms. The van der Waals surface area contributed by atoms with Crippen LogP contribution >= 0.6 is 0 Å². The average molecular weight is 168 g/mol. The molecule has 0 saturated carbocycles. The van der Waals surface area contributed by atoms with Crippen molar-refractivity contribution in [3.05, 3.63) is 0 Å². The van der Waals surface area contributed by atoms with Gasteiger partial charge in [0.15, 0.2) is 0 Å². The van der Waals surface area contributed by atoms with Crippen molar-refractivity contribution >= 4 is 0 Å². The first-order chi connectivity index (χ1) is 5.90. The van der Waals surface area contributed by atoms with Crippen molar-refractivity contribution in [1.29, 1.82) is 0 Å². The van der Waals surface area contributed by atoms with E-state index in [1.54, 1.807) is 0 Å². The van der Waals surface area contributed by atoms with E-state index in [1.165, 1.54) is 45.3 Å². The molecule has 2 aliphatic heterocycles. The molecule has 2 aliphatic rings. The van der Waals surface area contributed by atoms with Crippen LogP contribution in [0.5, 0.6) is 0 Å². The highest BCUT2D eigenvalue weighted by Crippen LogP contribution is 2.23. The van der Waals surface area contributed by atoms with Gasteiger partial charge in [-0.25, -0.2) is 0 Å². The number of hydrogen-bond donors (Lipinski definition) is 1. The molecular formula is C10H20N2. The molecule has 2 fully saturated rings. The SMILES string of the molecule is CCCCCN1CC2CC1CN2. The van der Waals surface area contributed by atoms with Gasteiger partial charge in [0.25, 0.3) is 0 Å². The van der Waals surface area contributed by atoms with Crippen LogP contribution in [0.1, 0.15) is 32.6 Å². The van der Waals surface area contributed by atoms with E-state index in [0.29, 0.717) is 0 Å². The number of unbranched alkanes of at least 4 members (excludes halogenated alkanes) is 2. The summed E-state index contributed by atoms with van der Waals surface area (Å²) in [6.07, 6.45) is 5.56. The number of likely N-dealkylation sites (tertiary alicyclic amines) is 1. The second-order valence-corrected chi connectivity index (χ2v) is 4.20. The first-order valence-electron chi connectivity index (χ1n) is 5.37. The second-order valence-electron chi connectivity index (χ2n) is 4.20. The zero-order chi connectivity index (χ0) is 8.39. The lowest BCUT2D eigenvalue weighted by Gasteiger charge is -2.26. The first-order valence-corrected chi connectivity index (χ1v) is 5.37. The smallest absolute Gasteiger partial charge is 0.0236 e. The van der Waals surface area contributed by atoms with Gasteiger partial charge in [-0.3, -0.25) is 4.90 Å². The monoisotopic (exact) mass is 168 g/mol. The average Bonchev–Trinajstić information content (AvgIpc) is 2.65. The normalized spacial score (nSPS) is 34.8. The van der Waals surface area contributed by atoms with Crippen molar-refractivity contribution in [3.63, 3.8) is 0 Å². The summed E-state index contributed by atoms with van der Waals surface area (Å²) < 4.78 is 0. The van der Waals surface area contributed by atoms with Gasteiger partial charge in [-0.1, -0.05) is 19.8 Å². The van der Waals surface area contributed by atoms with Crippen LogP contribution in [0.4, 0.5) is 0 Å². The molecule has 2 nitrogen and oxygen atoms in total. The van der Waals surface area contributed by atoms with E-state index < -0.39 is 0 Å². The molecule has 1 N–H and O–H groups in total. The Kier molecular flexibility index (Phi) is 2.66. The van der Waals surface area contributed by atoms with Crippen LogP contribution in [0, 0.1) is 0 Å². The van der Waals surface area contributed by atoms with Gasteiger partial charge in [-0.15, -0.1) is 0 Å². The maximum atomic E-state index is 3.53. The van der Waals surface area contributed by atoms with Crippen molar-refractivity contribution < 1.29 is 0 Å². The maximum Gasteiger partial charge on any atom is 0.0236 e. The van der Waals surface area contributed by atoms with Crippen LogP contribution in [0.15, 0.2) is 0 Å². The van der Waals surface area contributed by atoms with Gasteiger partial charge in [0, 0.05) is 25.2 Å². The first kappa shape index (κ1) is 8.52. The Morgan fingerprint density at radius 3 is 2.92 bits per heavy atom. The quantitative estimate of drug-likeness (QED) is 0.635. The highest BCUT2D eigenvalue weighted by atomic mass is 15.3. The Hall–Kier alpha value is -0.0800. The summed E-state index contributed by atoms with van der Waals surface area (Å²) in [6.45, 7) is 6.18. The largest absolute Gasteiger partial charge is 0.311 e. The van der Waals surface area contributed by atoms with E-state index in [-0.39, 0.29) is 0 Å². The molecule has 2 unspecified atom stereocenters. The number of nitrogens with one attached hydrogen (secondary N) is 1. The van der Waals surface area contributed by atoms with Crippen LogP contribution in [0.2, 0.25) is 0 Å². The minimum absolute atomic E-state index is 0.830. The molecule has 0 spiro atoms. The van der Waals surface area contributed by atoms with E-state index in [1.807, 2.05) is 0 Å². The van der Waals surface area contributed by atoms with Crippen LogP contribution in [0.3, 0.4) is 0 Å². The zero-order valence-electron chi connectivity index (χ0n) is 8.05. The molecule has 2 saturated heterocycles. The molecule has 2 heteroatoms. The number of rotatable bonds is 4. The molecule has 0 aromatic heterocycles.